The number of halogens is 1. The summed E-state index contributed by atoms with van der Waals surface area (Å²) in [6.45, 7) is 2.03. The second-order valence-corrected chi connectivity index (χ2v) is 11.0. The first-order valence-electron chi connectivity index (χ1n) is 12.5. The van der Waals surface area contributed by atoms with Gasteiger partial charge in [0, 0.05) is 29.1 Å². The van der Waals surface area contributed by atoms with Gasteiger partial charge in [0.25, 0.3) is 0 Å². The number of nitrogens with zero attached hydrogens (tertiary/aromatic N) is 2. The number of benzene rings is 1. The molecule has 1 aromatic heterocycles. The van der Waals surface area contributed by atoms with Crippen LogP contribution in [0.15, 0.2) is 30.5 Å². The van der Waals surface area contributed by atoms with Crippen LogP contribution in [0.5, 0.6) is 5.75 Å². The number of nitriles is 1. The van der Waals surface area contributed by atoms with E-state index in [9.17, 15) is 14.0 Å². The minimum absolute atomic E-state index is 0.0533. The highest BCUT2D eigenvalue weighted by atomic mass is 19.1. The largest absolute Gasteiger partial charge is 0.490 e. The maximum Gasteiger partial charge on any atom is 0.234 e. The van der Waals surface area contributed by atoms with Crippen LogP contribution in [0, 0.1) is 46.7 Å². The van der Waals surface area contributed by atoms with Crippen LogP contribution in [0.1, 0.15) is 45.4 Å². The van der Waals surface area contributed by atoms with E-state index in [0.717, 1.165) is 32.1 Å². The first-order chi connectivity index (χ1) is 16.9. The van der Waals surface area contributed by atoms with E-state index in [-0.39, 0.29) is 47.7 Å². The van der Waals surface area contributed by atoms with Crippen LogP contribution in [0.2, 0.25) is 0 Å². The van der Waals surface area contributed by atoms with Crippen molar-refractivity contribution >= 4 is 22.7 Å². The van der Waals surface area contributed by atoms with E-state index in [1.54, 1.807) is 18.3 Å². The molecule has 0 aliphatic heterocycles. The summed E-state index contributed by atoms with van der Waals surface area (Å²) in [5.74, 6) is 1.93. The lowest BCUT2D eigenvalue weighted by atomic mass is 9.76. The molecule has 5 saturated carbocycles. The third-order valence-electron chi connectivity index (χ3n) is 8.88. The van der Waals surface area contributed by atoms with Gasteiger partial charge in [-0.3, -0.25) is 14.6 Å². The van der Waals surface area contributed by atoms with Crippen LogP contribution in [0.4, 0.5) is 4.39 Å². The molecular weight excluding hydrogens is 447 g/mol. The third-order valence-corrected chi connectivity index (χ3v) is 8.88. The Morgan fingerprint density at radius 1 is 1.26 bits per heavy atom. The monoisotopic (exact) mass is 476 g/mol. The Balaban J connectivity index is 1.01. The second kappa shape index (κ2) is 8.18. The number of rotatable bonds is 7. The lowest BCUT2D eigenvalue weighted by molar-refractivity contribution is -0.128. The number of carbonyl (C=O) groups excluding carboxylic acids is 2. The van der Waals surface area contributed by atoms with Crippen molar-refractivity contribution in [3.8, 4) is 11.8 Å². The molecule has 0 saturated heterocycles. The molecule has 5 aliphatic rings. The highest BCUT2D eigenvalue weighted by Gasteiger charge is 2.61. The van der Waals surface area contributed by atoms with Crippen molar-refractivity contribution in [3.63, 3.8) is 0 Å². The van der Waals surface area contributed by atoms with Crippen molar-refractivity contribution in [2.75, 3.05) is 0 Å². The quantitative estimate of drug-likeness (QED) is 0.637. The van der Waals surface area contributed by atoms with Gasteiger partial charge >= 0.3 is 0 Å². The molecule has 2 amide bonds. The van der Waals surface area contributed by atoms with E-state index in [1.165, 1.54) is 12.1 Å². The maximum atomic E-state index is 13.7. The average molecular weight is 477 g/mol. The molecule has 3 unspecified atom stereocenters. The first kappa shape index (κ1) is 22.3. The molecule has 35 heavy (non-hydrogen) atoms. The molecule has 1 heterocycles. The second-order valence-electron chi connectivity index (χ2n) is 11.0. The van der Waals surface area contributed by atoms with Crippen LogP contribution >= 0.6 is 0 Å². The van der Waals surface area contributed by atoms with Gasteiger partial charge in [0.15, 0.2) is 0 Å². The summed E-state index contributed by atoms with van der Waals surface area (Å²) in [4.78, 5) is 29.2. The zero-order valence-corrected chi connectivity index (χ0v) is 19.7. The SMILES string of the molecule is CC(C(=O)NC12CC(C1)[C@@H](NC(=O)CC#N)C2)C1[C@H]2CC(Oc3ccnc4ccc(F)cc34)C[C@@H]12. The molecule has 7 nitrogen and oxygen atoms in total. The van der Waals surface area contributed by atoms with Gasteiger partial charge in [-0.05, 0) is 80.0 Å². The molecule has 1 aromatic carbocycles. The van der Waals surface area contributed by atoms with E-state index in [0.29, 0.717) is 40.3 Å². The molecule has 5 fully saturated rings. The van der Waals surface area contributed by atoms with Gasteiger partial charge in [-0.1, -0.05) is 6.92 Å². The number of ether oxygens (including phenoxy) is 1. The van der Waals surface area contributed by atoms with Gasteiger partial charge in [0.05, 0.1) is 17.7 Å². The molecule has 2 N–H and O–H groups in total. The number of hydrogen-bond donors (Lipinski definition) is 2. The summed E-state index contributed by atoms with van der Waals surface area (Å²) in [5, 5.41) is 15.7. The Hall–Kier alpha value is -3.21. The van der Waals surface area contributed by atoms with Crippen molar-refractivity contribution < 1.29 is 18.7 Å². The Morgan fingerprint density at radius 2 is 2.03 bits per heavy atom. The van der Waals surface area contributed by atoms with E-state index < -0.39 is 0 Å². The van der Waals surface area contributed by atoms with E-state index in [4.69, 9.17) is 10.00 Å². The van der Waals surface area contributed by atoms with Gasteiger partial charge in [-0.2, -0.15) is 5.26 Å². The number of pyridine rings is 1. The topological polar surface area (TPSA) is 104 Å². The molecular formula is C27H29FN4O3. The van der Waals surface area contributed by atoms with Gasteiger partial charge in [0.2, 0.25) is 11.8 Å². The minimum Gasteiger partial charge on any atom is -0.490 e. The summed E-state index contributed by atoms with van der Waals surface area (Å²) in [5.41, 5.74) is 0.514. The zero-order valence-electron chi connectivity index (χ0n) is 19.7. The Labute approximate surface area is 203 Å². The van der Waals surface area contributed by atoms with E-state index >= 15 is 0 Å². The van der Waals surface area contributed by atoms with Crippen LogP contribution < -0.4 is 15.4 Å². The van der Waals surface area contributed by atoms with Crippen molar-refractivity contribution in [2.24, 2.45) is 29.6 Å². The highest BCUT2D eigenvalue weighted by molar-refractivity contribution is 5.85. The summed E-state index contributed by atoms with van der Waals surface area (Å²) in [7, 11) is 0. The van der Waals surface area contributed by atoms with Crippen LogP contribution in [-0.2, 0) is 9.59 Å². The smallest absolute Gasteiger partial charge is 0.234 e. The Morgan fingerprint density at radius 3 is 2.77 bits per heavy atom. The zero-order chi connectivity index (χ0) is 24.3. The first-order valence-corrected chi connectivity index (χ1v) is 12.5. The lowest BCUT2D eigenvalue weighted by Crippen LogP contribution is -2.53. The molecule has 0 radical (unpaired) electrons. The predicted octanol–water partition coefficient (Wildman–Crippen LogP) is 3.48. The molecule has 6 atom stereocenters. The van der Waals surface area contributed by atoms with Gasteiger partial charge < -0.3 is 15.4 Å². The molecule has 182 valence electrons. The number of aromatic nitrogens is 1. The maximum absolute atomic E-state index is 13.7. The van der Waals surface area contributed by atoms with Gasteiger partial charge in [0.1, 0.15) is 18.0 Å². The van der Waals surface area contributed by atoms with Crippen LogP contribution in [-0.4, -0.2) is 34.5 Å². The van der Waals surface area contributed by atoms with Crippen molar-refractivity contribution in [2.45, 2.75) is 63.1 Å². The molecule has 8 heteroatoms. The van der Waals surface area contributed by atoms with Crippen molar-refractivity contribution in [1.29, 1.82) is 5.26 Å². The third kappa shape index (κ3) is 3.91. The molecule has 7 rings (SSSR count). The summed E-state index contributed by atoms with van der Waals surface area (Å²) >= 11 is 0. The van der Waals surface area contributed by atoms with Crippen LogP contribution in [0.3, 0.4) is 0 Å². The molecule has 2 bridgehead atoms. The fourth-order valence-corrected chi connectivity index (χ4v) is 7.24. The number of carbonyl (C=O) groups is 2. The highest BCUT2D eigenvalue weighted by Crippen LogP contribution is 2.61. The Bertz CT molecular complexity index is 1220. The lowest BCUT2D eigenvalue weighted by Gasteiger charge is -2.40. The van der Waals surface area contributed by atoms with Crippen molar-refractivity contribution in [1.82, 2.24) is 15.6 Å². The summed E-state index contributed by atoms with van der Waals surface area (Å²) < 4.78 is 20.0. The molecule has 2 aromatic rings. The van der Waals surface area contributed by atoms with Gasteiger partial charge in [-0.25, -0.2) is 4.39 Å². The van der Waals surface area contributed by atoms with Gasteiger partial charge in [-0.15, -0.1) is 0 Å². The number of nitrogens with one attached hydrogen (secondary N) is 2. The van der Waals surface area contributed by atoms with E-state index in [1.807, 2.05) is 13.0 Å². The number of hydrogen-bond acceptors (Lipinski definition) is 5. The summed E-state index contributed by atoms with van der Waals surface area (Å²) in [6.07, 6.45) is 6.01. The fourth-order valence-electron chi connectivity index (χ4n) is 7.24. The summed E-state index contributed by atoms with van der Waals surface area (Å²) in [6, 6.07) is 8.27. The average Bonchev–Trinajstić information content (AvgIpc) is 3.07. The molecule has 5 aliphatic carbocycles. The Kier molecular flexibility index (Phi) is 5.21. The number of amides is 2. The number of fused-ring (bicyclic) bond motifs is 3. The van der Waals surface area contributed by atoms with E-state index in [2.05, 4.69) is 15.6 Å². The molecule has 0 spiro atoms. The van der Waals surface area contributed by atoms with Crippen molar-refractivity contribution in [3.05, 3.63) is 36.3 Å². The normalized spacial score (nSPS) is 34.9. The fraction of sp³-hybridized carbons (Fsp3) is 0.556. The predicted molar refractivity (Wildman–Crippen MR) is 125 cm³/mol. The minimum atomic E-state index is -0.306. The van der Waals surface area contributed by atoms with Crippen LogP contribution in [0.25, 0.3) is 10.9 Å². The standard InChI is InChI=1S/C27H29FN4O3/c1-14(26(34)32-27-11-15(12-27)22(13-27)31-24(33)4-6-29)25-18-9-17(10-19(18)25)35-23-5-7-30-21-3-2-16(28)8-20(21)23/h2-3,5,7-8,14-15,17-19,22,25H,4,9-13H2,1H3,(H,31,33)(H,32,34)/t14?,15?,17?,18-,19+,22-,25?,27?/m0/s1.